The van der Waals surface area contributed by atoms with Gasteiger partial charge in [-0.2, -0.15) is 0 Å². The Morgan fingerprint density at radius 2 is 0.857 bits per heavy atom. The van der Waals surface area contributed by atoms with Crippen LogP contribution in [0.3, 0.4) is 0 Å². The Bertz CT molecular complexity index is 163. The Morgan fingerprint density at radius 3 is 1.00 bits per heavy atom. The summed E-state index contributed by atoms with van der Waals surface area (Å²) in [4.78, 5) is 0. The zero-order valence-electron chi connectivity index (χ0n) is 10.6. The van der Waals surface area contributed by atoms with Crippen LogP contribution in [-0.2, 0) is 18.6 Å². The van der Waals surface area contributed by atoms with E-state index in [9.17, 15) is 3.32 Å². The molecular formula is C12H28OTi. The SMILES string of the molecule is CC[CH2][Ti](=[O])([CH2]CC)([CH2]CC)[CH2]CC. The Kier molecular flexibility index (Phi) is 6.40. The molecule has 0 N–H and O–H groups in total. The molecular weight excluding hydrogens is 208 g/mol. The molecule has 2 heteroatoms. The van der Waals surface area contributed by atoms with Crippen LogP contribution in [-0.4, -0.2) is 0 Å². The Morgan fingerprint density at radius 1 is 0.643 bits per heavy atom. The molecule has 0 aliphatic heterocycles. The molecule has 0 saturated carbocycles. The molecule has 0 heterocycles. The van der Waals surface area contributed by atoms with Gasteiger partial charge in [-0.15, -0.1) is 0 Å². The van der Waals surface area contributed by atoms with Crippen molar-refractivity contribution in [3.05, 3.63) is 0 Å². The van der Waals surface area contributed by atoms with E-state index in [4.69, 9.17) is 0 Å². The molecule has 86 valence electrons. The quantitative estimate of drug-likeness (QED) is 0.520. The molecule has 0 amide bonds. The van der Waals surface area contributed by atoms with Crippen molar-refractivity contribution >= 4 is 0 Å². The summed E-state index contributed by atoms with van der Waals surface area (Å²) in [5.74, 6) is 0. The van der Waals surface area contributed by atoms with Gasteiger partial charge in [-0.25, -0.2) is 0 Å². The van der Waals surface area contributed by atoms with Crippen molar-refractivity contribution in [1.82, 2.24) is 0 Å². The predicted molar refractivity (Wildman–Crippen MR) is 61.1 cm³/mol. The summed E-state index contributed by atoms with van der Waals surface area (Å²) in [6.07, 6.45) is 4.45. The molecule has 1 nitrogen and oxygen atoms in total. The molecule has 0 bridgehead atoms. The Labute approximate surface area is 90.9 Å². The van der Waals surface area contributed by atoms with Crippen molar-refractivity contribution in [2.24, 2.45) is 0 Å². The van der Waals surface area contributed by atoms with Crippen LogP contribution in [0.2, 0.25) is 18.9 Å². The van der Waals surface area contributed by atoms with E-state index >= 15 is 0 Å². The van der Waals surface area contributed by atoms with Crippen molar-refractivity contribution in [2.75, 3.05) is 0 Å². The molecule has 14 heavy (non-hydrogen) atoms. The van der Waals surface area contributed by atoms with Gasteiger partial charge in [-0.05, 0) is 0 Å². The monoisotopic (exact) mass is 236 g/mol. The predicted octanol–water partition coefficient (Wildman–Crippen LogP) is 5.33. The molecule has 0 aromatic carbocycles. The van der Waals surface area contributed by atoms with Crippen molar-refractivity contribution in [1.29, 1.82) is 0 Å². The molecule has 0 aromatic rings. The van der Waals surface area contributed by atoms with Crippen molar-refractivity contribution in [3.8, 4) is 0 Å². The van der Waals surface area contributed by atoms with Crippen LogP contribution in [0.1, 0.15) is 53.4 Å². The first kappa shape index (κ1) is 14.5. The normalized spacial score (nSPS) is 13.2. The summed E-state index contributed by atoms with van der Waals surface area (Å²) < 4.78 is 17.5. The molecule has 0 aliphatic rings. The molecule has 0 radical (unpaired) electrons. The fraction of sp³-hybridized carbons (Fsp3) is 1.00. The summed E-state index contributed by atoms with van der Waals surface area (Å²) >= 11 is -3.24. The minimum absolute atomic E-state index is 1.05. The molecule has 0 atom stereocenters. The summed E-state index contributed by atoms with van der Waals surface area (Å²) in [7, 11) is 0. The second-order valence-corrected chi connectivity index (χ2v) is 14.7. The molecule has 0 rings (SSSR count). The summed E-state index contributed by atoms with van der Waals surface area (Å²) in [6, 6.07) is 0. The molecule has 0 aliphatic carbocycles. The zero-order valence-corrected chi connectivity index (χ0v) is 12.1. The van der Waals surface area contributed by atoms with E-state index in [0.717, 1.165) is 44.6 Å². The van der Waals surface area contributed by atoms with Crippen LogP contribution in [0, 0.1) is 0 Å². The van der Waals surface area contributed by atoms with Gasteiger partial charge in [-0.1, -0.05) is 0 Å². The molecule has 0 aromatic heterocycles. The maximum atomic E-state index is 13.3. The standard InChI is InChI=1S/4C3H7.O.Ti/c4*1-3-2;;/h4*1,3H2,2H3;;. The third-order valence-corrected chi connectivity index (χ3v) is 14.6. The second-order valence-electron chi connectivity index (χ2n) is 5.08. The molecule has 0 saturated heterocycles. The fourth-order valence-electron chi connectivity index (χ4n) is 3.28. The average Bonchev–Trinajstić information content (AvgIpc) is 2.05. The van der Waals surface area contributed by atoms with Gasteiger partial charge in [0.15, 0.2) is 0 Å². The topological polar surface area (TPSA) is 17.1 Å². The Hall–Kier alpha value is 0.514. The van der Waals surface area contributed by atoms with Crippen LogP contribution in [0.4, 0.5) is 0 Å². The van der Waals surface area contributed by atoms with E-state index in [0.29, 0.717) is 0 Å². The third kappa shape index (κ3) is 3.94. The van der Waals surface area contributed by atoms with Crippen molar-refractivity contribution in [2.45, 2.75) is 72.3 Å². The van der Waals surface area contributed by atoms with Gasteiger partial charge in [0.1, 0.15) is 0 Å². The number of rotatable bonds is 8. The average molecular weight is 236 g/mol. The summed E-state index contributed by atoms with van der Waals surface area (Å²) in [5, 5.41) is 0. The van der Waals surface area contributed by atoms with Crippen molar-refractivity contribution in [3.63, 3.8) is 0 Å². The van der Waals surface area contributed by atoms with E-state index in [1.807, 2.05) is 0 Å². The van der Waals surface area contributed by atoms with Gasteiger partial charge in [0.25, 0.3) is 0 Å². The first-order chi connectivity index (χ1) is 6.54. The zero-order chi connectivity index (χ0) is 11.1. The molecule has 0 unspecified atom stereocenters. The van der Waals surface area contributed by atoms with E-state index in [2.05, 4.69) is 27.7 Å². The van der Waals surface area contributed by atoms with Crippen LogP contribution in [0.5, 0.6) is 0 Å². The van der Waals surface area contributed by atoms with Gasteiger partial charge in [0, 0.05) is 0 Å². The Balaban J connectivity index is 4.80. The minimum atomic E-state index is -3.24. The maximum absolute atomic E-state index is 13.3. The van der Waals surface area contributed by atoms with Gasteiger partial charge in [0.2, 0.25) is 0 Å². The van der Waals surface area contributed by atoms with Gasteiger partial charge in [0.05, 0.1) is 0 Å². The van der Waals surface area contributed by atoms with E-state index in [1.54, 1.807) is 0 Å². The third-order valence-electron chi connectivity index (χ3n) is 3.53. The van der Waals surface area contributed by atoms with E-state index in [1.165, 1.54) is 0 Å². The van der Waals surface area contributed by atoms with Crippen molar-refractivity contribution < 1.29 is 18.6 Å². The first-order valence-corrected chi connectivity index (χ1v) is 11.5. The fourth-order valence-corrected chi connectivity index (χ4v) is 13.5. The molecule has 0 spiro atoms. The van der Waals surface area contributed by atoms with Gasteiger partial charge in [-0.3, -0.25) is 0 Å². The second kappa shape index (κ2) is 6.17. The van der Waals surface area contributed by atoms with Gasteiger partial charge >= 0.3 is 90.9 Å². The van der Waals surface area contributed by atoms with Crippen LogP contribution < -0.4 is 0 Å². The first-order valence-electron chi connectivity index (χ1n) is 6.45. The van der Waals surface area contributed by atoms with E-state index < -0.39 is 15.3 Å². The summed E-state index contributed by atoms with van der Waals surface area (Å²) in [5.41, 5.74) is 0. The van der Waals surface area contributed by atoms with Gasteiger partial charge < -0.3 is 0 Å². The molecule has 0 fully saturated rings. The number of hydrogen-bond acceptors (Lipinski definition) is 1. The van der Waals surface area contributed by atoms with Crippen LogP contribution >= 0.6 is 0 Å². The van der Waals surface area contributed by atoms with Crippen LogP contribution in [0.15, 0.2) is 0 Å². The summed E-state index contributed by atoms with van der Waals surface area (Å²) in [6.45, 7) is 8.73. The van der Waals surface area contributed by atoms with E-state index in [-0.39, 0.29) is 0 Å². The van der Waals surface area contributed by atoms with Crippen LogP contribution in [0.25, 0.3) is 0 Å². The number of hydrogen-bond donors (Lipinski definition) is 0.